The molecular weight excluding hydrogens is 308 g/mol. The third kappa shape index (κ3) is 3.78. The van der Waals surface area contributed by atoms with E-state index in [4.69, 9.17) is 4.42 Å². The van der Waals surface area contributed by atoms with Crippen LogP contribution in [0, 0.1) is 13.8 Å². The van der Waals surface area contributed by atoms with Gasteiger partial charge in [0.25, 0.3) is 0 Å². The number of carbonyl (C=O) groups excluding carboxylic acids is 1. The van der Waals surface area contributed by atoms with Crippen LogP contribution in [0.2, 0.25) is 0 Å². The quantitative estimate of drug-likeness (QED) is 0.746. The van der Waals surface area contributed by atoms with Crippen LogP contribution in [0.5, 0.6) is 0 Å². The normalized spacial score (nSPS) is 10.6. The fourth-order valence-corrected chi connectivity index (χ4v) is 2.09. The third-order valence-corrected chi connectivity index (χ3v) is 3.46. The van der Waals surface area contributed by atoms with Gasteiger partial charge in [-0.25, -0.2) is 14.5 Å². The molecule has 3 rings (SSSR count). The predicted octanol–water partition coefficient (Wildman–Crippen LogP) is 1.87. The number of hydrogen-bond donors (Lipinski definition) is 2. The first-order chi connectivity index (χ1) is 11.6. The van der Waals surface area contributed by atoms with Crippen LogP contribution in [-0.4, -0.2) is 26.0 Å². The number of aromatic nitrogens is 4. The maximum absolute atomic E-state index is 11.8. The molecule has 1 aromatic carbocycles. The van der Waals surface area contributed by atoms with Gasteiger partial charge in [0.2, 0.25) is 5.89 Å². The third-order valence-electron chi connectivity index (χ3n) is 3.46. The lowest BCUT2D eigenvalue weighted by Crippen LogP contribution is -2.34. The summed E-state index contributed by atoms with van der Waals surface area (Å²) < 4.78 is 7.06. The van der Waals surface area contributed by atoms with Crippen molar-refractivity contribution in [3.63, 3.8) is 0 Å². The summed E-state index contributed by atoms with van der Waals surface area (Å²) in [7, 11) is 0. The number of benzene rings is 1. The predicted molar refractivity (Wildman–Crippen MR) is 86.4 cm³/mol. The van der Waals surface area contributed by atoms with E-state index in [1.807, 2.05) is 44.2 Å². The van der Waals surface area contributed by atoms with E-state index in [1.165, 1.54) is 0 Å². The molecule has 3 aromatic rings. The topological polar surface area (TPSA) is 97.9 Å². The average Bonchev–Trinajstić information content (AvgIpc) is 3.19. The van der Waals surface area contributed by atoms with Gasteiger partial charge in [0.1, 0.15) is 11.5 Å². The highest BCUT2D eigenvalue weighted by atomic mass is 16.4. The second kappa shape index (κ2) is 6.95. The van der Waals surface area contributed by atoms with Gasteiger partial charge in [0.05, 0.1) is 30.7 Å². The minimum absolute atomic E-state index is 0.233. The van der Waals surface area contributed by atoms with Crippen molar-refractivity contribution in [1.29, 1.82) is 0 Å². The van der Waals surface area contributed by atoms with Crippen molar-refractivity contribution in [3.8, 4) is 5.69 Å². The number of oxazole rings is 1. The minimum Gasteiger partial charge on any atom is -0.444 e. The number of carbonyl (C=O) groups is 1. The molecule has 0 aliphatic rings. The van der Waals surface area contributed by atoms with Crippen molar-refractivity contribution in [2.45, 2.75) is 26.9 Å². The number of para-hydroxylation sites is 1. The van der Waals surface area contributed by atoms with Gasteiger partial charge in [0.15, 0.2) is 0 Å². The summed E-state index contributed by atoms with van der Waals surface area (Å²) in [6.45, 7) is 4.21. The first-order valence-electron chi connectivity index (χ1n) is 7.53. The summed E-state index contributed by atoms with van der Waals surface area (Å²) >= 11 is 0. The van der Waals surface area contributed by atoms with Gasteiger partial charge in [-0.15, -0.1) is 5.10 Å². The Balaban J connectivity index is 1.49. The minimum atomic E-state index is -0.322. The second-order valence-corrected chi connectivity index (χ2v) is 5.28. The van der Waals surface area contributed by atoms with E-state index in [1.54, 1.807) is 10.9 Å². The summed E-state index contributed by atoms with van der Waals surface area (Å²) in [4.78, 5) is 16.0. The number of aryl methyl sites for hydroxylation is 2. The van der Waals surface area contributed by atoms with Gasteiger partial charge >= 0.3 is 6.03 Å². The zero-order valence-electron chi connectivity index (χ0n) is 13.5. The van der Waals surface area contributed by atoms with Gasteiger partial charge < -0.3 is 15.1 Å². The SMILES string of the molecule is Cc1nc(CNC(=O)NCc2cn(-c3ccccc3)nn2)oc1C. The molecule has 24 heavy (non-hydrogen) atoms. The summed E-state index contributed by atoms with van der Waals surface area (Å²) in [5.41, 5.74) is 2.40. The largest absolute Gasteiger partial charge is 0.444 e. The molecule has 8 nitrogen and oxygen atoms in total. The molecule has 2 heterocycles. The molecule has 0 saturated carbocycles. The molecule has 0 spiro atoms. The molecule has 2 amide bonds. The summed E-state index contributed by atoms with van der Waals surface area (Å²) in [6.07, 6.45) is 1.77. The van der Waals surface area contributed by atoms with E-state index in [2.05, 4.69) is 25.9 Å². The average molecular weight is 326 g/mol. The van der Waals surface area contributed by atoms with Crippen LogP contribution in [0.3, 0.4) is 0 Å². The lowest BCUT2D eigenvalue weighted by Gasteiger charge is -2.03. The molecule has 0 bridgehead atoms. The van der Waals surface area contributed by atoms with Gasteiger partial charge in [-0.05, 0) is 26.0 Å². The van der Waals surface area contributed by atoms with E-state index in [0.717, 1.165) is 17.1 Å². The van der Waals surface area contributed by atoms with Gasteiger partial charge in [-0.1, -0.05) is 23.4 Å². The first kappa shape index (κ1) is 15.7. The maximum atomic E-state index is 11.8. The van der Waals surface area contributed by atoms with Crippen LogP contribution in [0.4, 0.5) is 4.79 Å². The molecule has 0 radical (unpaired) electrons. The highest BCUT2D eigenvalue weighted by Gasteiger charge is 2.08. The Kier molecular flexibility index (Phi) is 4.55. The summed E-state index contributed by atoms with van der Waals surface area (Å²) in [6, 6.07) is 9.32. The number of rotatable bonds is 5. The van der Waals surface area contributed by atoms with Crippen molar-refractivity contribution in [1.82, 2.24) is 30.6 Å². The highest BCUT2D eigenvalue weighted by Crippen LogP contribution is 2.08. The number of urea groups is 1. The molecular formula is C16H18N6O2. The lowest BCUT2D eigenvalue weighted by atomic mass is 10.3. The smallest absolute Gasteiger partial charge is 0.315 e. The number of amides is 2. The fraction of sp³-hybridized carbons (Fsp3) is 0.250. The molecule has 2 N–H and O–H groups in total. The Morgan fingerprint density at radius 2 is 1.92 bits per heavy atom. The van der Waals surface area contributed by atoms with Crippen molar-refractivity contribution in [2.75, 3.05) is 0 Å². The van der Waals surface area contributed by atoms with Gasteiger partial charge in [0, 0.05) is 0 Å². The Bertz CT molecular complexity index is 805. The Morgan fingerprint density at radius 3 is 2.62 bits per heavy atom. The van der Waals surface area contributed by atoms with Crippen LogP contribution in [-0.2, 0) is 13.1 Å². The van der Waals surface area contributed by atoms with Crippen LogP contribution in [0.15, 0.2) is 40.9 Å². The molecule has 0 atom stereocenters. The first-order valence-corrected chi connectivity index (χ1v) is 7.53. The zero-order valence-corrected chi connectivity index (χ0v) is 13.5. The van der Waals surface area contributed by atoms with Crippen molar-refractivity contribution in [3.05, 3.63) is 59.6 Å². The molecule has 8 heteroatoms. The van der Waals surface area contributed by atoms with E-state index in [-0.39, 0.29) is 19.1 Å². The number of nitrogens with zero attached hydrogens (tertiary/aromatic N) is 4. The van der Waals surface area contributed by atoms with Crippen LogP contribution in [0.25, 0.3) is 5.69 Å². The van der Waals surface area contributed by atoms with Crippen LogP contribution >= 0.6 is 0 Å². The molecule has 0 fully saturated rings. The lowest BCUT2D eigenvalue weighted by molar-refractivity contribution is 0.238. The Labute approximate surface area is 138 Å². The van der Waals surface area contributed by atoms with Crippen molar-refractivity contribution in [2.24, 2.45) is 0 Å². The monoisotopic (exact) mass is 326 g/mol. The van der Waals surface area contributed by atoms with E-state index < -0.39 is 0 Å². The summed E-state index contributed by atoms with van der Waals surface area (Å²) in [5, 5.41) is 13.5. The Morgan fingerprint density at radius 1 is 1.17 bits per heavy atom. The molecule has 2 aromatic heterocycles. The zero-order chi connectivity index (χ0) is 16.9. The van der Waals surface area contributed by atoms with Gasteiger partial charge in [-0.2, -0.15) is 0 Å². The van der Waals surface area contributed by atoms with E-state index >= 15 is 0 Å². The number of hydrogen-bond acceptors (Lipinski definition) is 5. The summed E-state index contributed by atoms with van der Waals surface area (Å²) in [5.74, 6) is 1.24. The standard InChI is InChI=1S/C16H18N6O2/c1-11-12(2)24-15(19-11)9-18-16(23)17-8-13-10-22(21-20-13)14-6-4-3-5-7-14/h3-7,10H,8-9H2,1-2H3,(H2,17,18,23). The number of nitrogens with one attached hydrogen (secondary N) is 2. The van der Waals surface area contributed by atoms with Crippen molar-refractivity contribution >= 4 is 6.03 Å². The molecule has 0 unspecified atom stereocenters. The van der Waals surface area contributed by atoms with Crippen LogP contribution in [0.1, 0.15) is 23.0 Å². The molecule has 0 saturated heterocycles. The fourth-order valence-electron chi connectivity index (χ4n) is 2.09. The highest BCUT2D eigenvalue weighted by molar-refractivity contribution is 5.73. The Hall–Kier alpha value is -3.16. The molecule has 0 aliphatic carbocycles. The molecule has 0 aliphatic heterocycles. The second-order valence-electron chi connectivity index (χ2n) is 5.28. The maximum Gasteiger partial charge on any atom is 0.315 e. The van der Waals surface area contributed by atoms with Gasteiger partial charge in [-0.3, -0.25) is 0 Å². The molecule has 124 valence electrons. The van der Waals surface area contributed by atoms with Crippen LogP contribution < -0.4 is 10.6 Å². The van der Waals surface area contributed by atoms with E-state index in [0.29, 0.717) is 11.6 Å². The van der Waals surface area contributed by atoms with Crippen molar-refractivity contribution < 1.29 is 9.21 Å². The van der Waals surface area contributed by atoms with E-state index in [9.17, 15) is 4.79 Å².